The van der Waals surface area contributed by atoms with Gasteiger partial charge in [0.05, 0.1) is 0 Å². The second kappa shape index (κ2) is 31.6. The Morgan fingerprint density at radius 1 is 0.226 bits per heavy atom. The van der Waals surface area contributed by atoms with Crippen LogP contribution in [0.5, 0.6) is 0 Å². The Kier molecular flexibility index (Phi) is 26.1. The molecule has 0 heterocycles. The minimum Gasteiger partial charge on any atom is -1.00 e. The molecule has 62 heavy (non-hydrogen) atoms. The molecule has 0 aromatic heterocycles. The van der Waals surface area contributed by atoms with E-state index in [1.807, 2.05) is 121 Å². The summed E-state index contributed by atoms with van der Waals surface area (Å²) in [5.74, 6) is 11.5. The fraction of sp³-hybridized carbons (Fsp3) is 0. The normalized spacial score (nSPS) is 8.97. The summed E-state index contributed by atoms with van der Waals surface area (Å²) >= 11 is 12.1. The molecule has 0 fully saturated rings. The Labute approximate surface area is 413 Å². The van der Waals surface area contributed by atoms with E-state index in [0.717, 1.165) is 22.3 Å². The molecule has 0 nitrogen and oxygen atoms in total. The molecule has 0 spiro atoms. The van der Waals surface area contributed by atoms with Crippen LogP contribution in [0.15, 0.2) is 243 Å². The molecule has 0 radical (unpaired) electrons. The average Bonchev–Trinajstić information content (AvgIpc) is 3.33. The SMILES string of the molecule is BrC#Cc1ccccc1.BrC#Cc1ccccc1.BrC#Cc1ccccc1.BrC#Cc1ccccc1.[Br-].c1ccc([P+](c2ccccc2)(c2ccccc2)c2ccccc2)cc1. The van der Waals surface area contributed by atoms with Crippen LogP contribution in [0.2, 0.25) is 0 Å². The van der Waals surface area contributed by atoms with E-state index in [1.165, 1.54) is 21.2 Å². The van der Waals surface area contributed by atoms with Crippen molar-refractivity contribution in [3.8, 4) is 43.0 Å². The van der Waals surface area contributed by atoms with E-state index >= 15 is 0 Å². The molecule has 0 saturated heterocycles. The molecule has 0 amide bonds. The van der Waals surface area contributed by atoms with Gasteiger partial charge in [0.2, 0.25) is 0 Å². The van der Waals surface area contributed by atoms with E-state index in [0.29, 0.717) is 0 Å². The van der Waals surface area contributed by atoms with Crippen molar-refractivity contribution in [3.05, 3.63) is 265 Å². The van der Waals surface area contributed by atoms with E-state index in [4.69, 9.17) is 0 Å². The molecule has 0 aliphatic heterocycles. The molecule has 0 aliphatic carbocycles. The van der Waals surface area contributed by atoms with Crippen LogP contribution in [-0.4, -0.2) is 0 Å². The first-order valence-electron chi connectivity index (χ1n) is 18.9. The molecule has 0 atom stereocenters. The van der Waals surface area contributed by atoms with Crippen molar-refractivity contribution in [2.75, 3.05) is 0 Å². The molecule has 8 aromatic carbocycles. The van der Waals surface area contributed by atoms with Crippen molar-refractivity contribution in [3.63, 3.8) is 0 Å². The number of rotatable bonds is 4. The maximum Gasteiger partial charge on any atom is 0.144 e. The lowest BCUT2D eigenvalue weighted by Crippen LogP contribution is -3.00. The van der Waals surface area contributed by atoms with Crippen LogP contribution in [0.4, 0.5) is 0 Å². The zero-order chi connectivity index (χ0) is 43.1. The van der Waals surface area contributed by atoms with Gasteiger partial charge in [-0.05, 0) is 116 Å². The van der Waals surface area contributed by atoms with Crippen molar-refractivity contribution < 1.29 is 17.0 Å². The molecule has 6 heteroatoms. The third-order valence-corrected chi connectivity index (χ3v) is 13.5. The van der Waals surface area contributed by atoms with Gasteiger partial charge in [-0.1, -0.05) is 169 Å². The first-order chi connectivity index (χ1) is 30.1. The monoisotopic (exact) mass is 1140 g/mol. The van der Waals surface area contributed by atoms with Crippen LogP contribution < -0.4 is 38.2 Å². The Hall–Kier alpha value is -5.17. The van der Waals surface area contributed by atoms with Gasteiger partial charge in [-0.15, -0.1) is 0 Å². The van der Waals surface area contributed by atoms with Crippen LogP contribution in [0.1, 0.15) is 22.3 Å². The number of halogens is 5. The molecule has 304 valence electrons. The van der Waals surface area contributed by atoms with Gasteiger partial charge in [0, 0.05) is 86.0 Å². The lowest BCUT2D eigenvalue weighted by Gasteiger charge is -2.27. The highest BCUT2D eigenvalue weighted by atomic mass is 79.9. The number of hydrogen-bond acceptors (Lipinski definition) is 0. The zero-order valence-electron chi connectivity index (χ0n) is 33.4. The van der Waals surface area contributed by atoms with Crippen molar-refractivity contribution in [2.24, 2.45) is 0 Å². The molecule has 0 aliphatic rings. The van der Waals surface area contributed by atoms with E-state index < -0.39 is 7.26 Å². The minimum absolute atomic E-state index is 0. The lowest BCUT2D eigenvalue weighted by molar-refractivity contribution is -0.0000112. The van der Waals surface area contributed by atoms with E-state index in [1.54, 1.807) is 0 Å². The van der Waals surface area contributed by atoms with Gasteiger partial charge in [-0.25, -0.2) is 0 Å². The Morgan fingerprint density at radius 2 is 0.371 bits per heavy atom. The third kappa shape index (κ3) is 17.7. The molecule has 0 saturated carbocycles. The summed E-state index contributed by atoms with van der Waals surface area (Å²) in [6.07, 6.45) is 0. The van der Waals surface area contributed by atoms with Gasteiger partial charge in [-0.3, -0.25) is 0 Å². The highest BCUT2D eigenvalue weighted by molar-refractivity contribution is 9.13. The molecule has 0 bridgehead atoms. The molecular formula is C56H40Br5P. The standard InChI is InChI=1S/C24H20P.4C8H5Br.BrH/c1-5-13-21(14-6-1)25(22-15-7-2-8-16-22,23-17-9-3-10-18-23)24-19-11-4-12-20-24;4*9-7-6-8-4-2-1-3-5-8;/h1-20H;4*1-5H;1H/q+1;;;;;/p-1. The topological polar surface area (TPSA) is 0 Å². The average molecular weight is 1140 g/mol. The highest BCUT2D eigenvalue weighted by Crippen LogP contribution is 2.54. The Balaban J connectivity index is 0.000000230. The molecule has 8 rings (SSSR count). The fourth-order valence-corrected chi connectivity index (χ4v) is 11.0. The predicted molar refractivity (Wildman–Crippen MR) is 280 cm³/mol. The summed E-state index contributed by atoms with van der Waals surface area (Å²) in [5, 5.41) is 5.55. The second-order valence-corrected chi connectivity index (χ2v) is 17.3. The first-order valence-corrected chi connectivity index (χ1v) is 23.9. The van der Waals surface area contributed by atoms with Crippen molar-refractivity contribution >= 4 is 92.2 Å². The predicted octanol–water partition coefficient (Wildman–Crippen LogP) is 10.9. The summed E-state index contributed by atoms with van der Waals surface area (Å²) in [6, 6.07) is 83.2. The van der Waals surface area contributed by atoms with Gasteiger partial charge in [-0.2, -0.15) is 0 Å². The van der Waals surface area contributed by atoms with Crippen molar-refractivity contribution in [1.29, 1.82) is 0 Å². The highest BCUT2D eigenvalue weighted by Gasteiger charge is 2.47. The zero-order valence-corrected chi connectivity index (χ0v) is 42.3. The lowest BCUT2D eigenvalue weighted by atomic mass is 10.2. The van der Waals surface area contributed by atoms with Gasteiger partial charge >= 0.3 is 0 Å². The van der Waals surface area contributed by atoms with Gasteiger partial charge in [0.1, 0.15) is 28.5 Å². The van der Waals surface area contributed by atoms with Crippen molar-refractivity contribution in [1.82, 2.24) is 0 Å². The van der Waals surface area contributed by atoms with Crippen LogP contribution in [0, 0.1) is 43.0 Å². The number of hydrogen-bond donors (Lipinski definition) is 0. The number of benzene rings is 8. The molecule has 8 aromatic rings. The minimum atomic E-state index is -1.91. The van der Waals surface area contributed by atoms with Crippen molar-refractivity contribution in [2.45, 2.75) is 0 Å². The summed E-state index contributed by atoms with van der Waals surface area (Å²) < 4.78 is 0. The second-order valence-electron chi connectivity index (χ2n) is 12.4. The van der Waals surface area contributed by atoms with Gasteiger partial charge < -0.3 is 17.0 Å². The molecule has 0 unspecified atom stereocenters. The molecule has 0 N–H and O–H groups in total. The third-order valence-electron chi connectivity index (χ3n) is 8.44. The maximum atomic E-state index is 3.02. The van der Waals surface area contributed by atoms with E-state index in [9.17, 15) is 0 Å². The van der Waals surface area contributed by atoms with Crippen LogP contribution in [-0.2, 0) is 0 Å². The van der Waals surface area contributed by atoms with Crippen LogP contribution >= 0.6 is 71.0 Å². The maximum absolute atomic E-state index is 3.02. The first kappa shape index (κ1) is 51.2. The van der Waals surface area contributed by atoms with Crippen LogP contribution in [0.25, 0.3) is 0 Å². The fourth-order valence-electron chi connectivity index (χ4n) is 5.80. The van der Waals surface area contributed by atoms with E-state index in [-0.39, 0.29) is 17.0 Å². The largest absolute Gasteiger partial charge is 1.00 e. The smallest absolute Gasteiger partial charge is 0.144 e. The summed E-state index contributed by atoms with van der Waals surface area (Å²) in [7, 11) is -1.91. The Morgan fingerprint density at radius 3 is 0.516 bits per heavy atom. The quantitative estimate of drug-likeness (QED) is 0.122. The van der Waals surface area contributed by atoms with Crippen LogP contribution in [0.3, 0.4) is 0 Å². The van der Waals surface area contributed by atoms with Gasteiger partial charge in [0.25, 0.3) is 0 Å². The summed E-state index contributed by atoms with van der Waals surface area (Å²) in [4.78, 5) is 10.6. The summed E-state index contributed by atoms with van der Waals surface area (Å²) in [5.41, 5.74) is 4.15. The molecular weight excluding hydrogens is 1100 g/mol. The van der Waals surface area contributed by atoms with Gasteiger partial charge in [0.15, 0.2) is 0 Å². The Bertz CT molecular complexity index is 2270. The van der Waals surface area contributed by atoms with E-state index in [2.05, 4.69) is 228 Å². The summed E-state index contributed by atoms with van der Waals surface area (Å²) in [6.45, 7) is 0.